The van der Waals surface area contributed by atoms with Crippen molar-refractivity contribution in [3.8, 4) is 5.75 Å². The average molecular weight is 300 g/mol. The molecule has 0 bridgehead atoms. The van der Waals surface area contributed by atoms with Gasteiger partial charge in [-0.3, -0.25) is 0 Å². The minimum atomic E-state index is 0.439. The van der Waals surface area contributed by atoms with Crippen LogP contribution in [0, 0.1) is 0 Å². The van der Waals surface area contributed by atoms with Gasteiger partial charge in [-0.1, -0.05) is 18.2 Å². The van der Waals surface area contributed by atoms with Crippen LogP contribution < -0.4 is 15.4 Å². The highest BCUT2D eigenvalue weighted by molar-refractivity contribution is 7.99. The van der Waals surface area contributed by atoms with Gasteiger partial charge in [0.1, 0.15) is 5.75 Å². The second kappa shape index (κ2) is 5.90. The van der Waals surface area contributed by atoms with Gasteiger partial charge in [0, 0.05) is 42.4 Å². The van der Waals surface area contributed by atoms with E-state index in [0.29, 0.717) is 18.2 Å². The highest BCUT2D eigenvalue weighted by atomic mass is 32.2. The maximum atomic E-state index is 6.02. The Morgan fingerprint density at radius 1 is 1.24 bits per heavy atom. The molecule has 0 amide bonds. The van der Waals surface area contributed by atoms with Crippen LogP contribution in [0.4, 0.5) is 11.4 Å². The molecule has 0 fully saturated rings. The number of benzene rings is 2. The quantitative estimate of drug-likeness (QED) is 0.876. The summed E-state index contributed by atoms with van der Waals surface area (Å²) in [5.41, 5.74) is 9.21. The number of nitrogens with zero attached hydrogens (tertiary/aromatic N) is 1. The Morgan fingerprint density at radius 3 is 2.86 bits per heavy atom. The van der Waals surface area contributed by atoms with Crippen LogP contribution in [0.5, 0.6) is 5.75 Å². The van der Waals surface area contributed by atoms with E-state index in [2.05, 4.69) is 24.3 Å². The van der Waals surface area contributed by atoms with Crippen molar-refractivity contribution in [1.82, 2.24) is 0 Å². The number of rotatable bonds is 4. The van der Waals surface area contributed by atoms with Crippen molar-refractivity contribution >= 4 is 23.1 Å². The van der Waals surface area contributed by atoms with Crippen molar-refractivity contribution in [3.63, 3.8) is 0 Å². The van der Waals surface area contributed by atoms with Gasteiger partial charge in [-0.25, -0.2) is 0 Å². The maximum absolute atomic E-state index is 6.02. The zero-order chi connectivity index (χ0) is 14.8. The van der Waals surface area contributed by atoms with Crippen LogP contribution in [0.25, 0.3) is 0 Å². The Balaban J connectivity index is 1.73. The summed E-state index contributed by atoms with van der Waals surface area (Å²) in [6.45, 7) is 0.672. The van der Waals surface area contributed by atoms with Gasteiger partial charge < -0.3 is 15.4 Å². The molecule has 1 aliphatic rings. The van der Waals surface area contributed by atoms with Gasteiger partial charge in [-0.05, 0) is 23.8 Å². The van der Waals surface area contributed by atoms with Crippen LogP contribution in [-0.2, 0) is 0 Å². The summed E-state index contributed by atoms with van der Waals surface area (Å²) in [4.78, 5) is 3.42. The van der Waals surface area contributed by atoms with Gasteiger partial charge in [-0.15, -0.1) is 11.8 Å². The predicted molar refractivity (Wildman–Crippen MR) is 90.6 cm³/mol. The van der Waals surface area contributed by atoms with Gasteiger partial charge in [0.15, 0.2) is 0 Å². The molecule has 2 aromatic rings. The van der Waals surface area contributed by atoms with Crippen molar-refractivity contribution in [2.45, 2.75) is 10.8 Å². The third-order valence-corrected chi connectivity index (χ3v) is 5.00. The normalized spacial score (nSPS) is 16.6. The van der Waals surface area contributed by atoms with Crippen LogP contribution in [-0.4, -0.2) is 26.5 Å². The van der Waals surface area contributed by atoms with Gasteiger partial charge in [0.05, 0.1) is 12.3 Å². The maximum Gasteiger partial charge on any atom is 0.144 e. The zero-order valence-corrected chi connectivity index (χ0v) is 13.2. The molecule has 4 heteroatoms. The minimum absolute atomic E-state index is 0.439. The molecular formula is C17H20N2OS. The molecule has 1 unspecified atom stereocenters. The number of nitrogens with two attached hydrogens (primary N) is 1. The van der Waals surface area contributed by atoms with Gasteiger partial charge in [-0.2, -0.15) is 0 Å². The lowest BCUT2D eigenvalue weighted by Gasteiger charge is -2.17. The number of fused-ring (bicyclic) bond motifs is 1. The largest absolute Gasteiger partial charge is 0.491 e. The second-order valence-electron chi connectivity index (χ2n) is 5.47. The van der Waals surface area contributed by atoms with Crippen LogP contribution in [0.1, 0.15) is 11.5 Å². The second-order valence-corrected chi connectivity index (χ2v) is 6.54. The van der Waals surface area contributed by atoms with Crippen molar-refractivity contribution < 1.29 is 4.74 Å². The summed E-state index contributed by atoms with van der Waals surface area (Å²) in [6.07, 6.45) is 0. The summed E-state index contributed by atoms with van der Waals surface area (Å²) in [7, 11) is 4.03. The lowest BCUT2D eigenvalue weighted by atomic mass is 10.0. The van der Waals surface area contributed by atoms with Crippen LogP contribution >= 0.6 is 11.8 Å². The molecular weight excluding hydrogens is 280 g/mol. The lowest BCUT2D eigenvalue weighted by Crippen LogP contribution is -2.12. The first-order chi connectivity index (χ1) is 10.1. The molecule has 1 atom stereocenters. The third kappa shape index (κ3) is 2.95. The van der Waals surface area contributed by atoms with E-state index in [1.165, 1.54) is 10.5 Å². The van der Waals surface area contributed by atoms with E-state index < -0.39 is 0 Å². The minimum Gasteiger partial charge on any atom is -0.491 e. The molecule has 2 N–H and O–H groups in total. The Morgan fingerprint density at radius 2 is 2.05 bits per heavy atom. The SMILES string of the molecule is CN(C)c1ccc(N)c(OCC2CSc3ccccc32)c1. The molecule has 3 nitrogen and oxygen atoms in total. The Kier molecular flexibility index (Phi) is 3.97. The number of nitrogen functional groups attached to an aromatic ring is 1. The molecule has 0 aliphatic carbocycles. The average Bonchev–Trinajstić information content (AvgIpc) is 2.89. The summed E-state index contributed by atoms with van der Waals surface area (Å²) in [5, 5.41) is 0. The fourth-order valence-electron chi connectivity index (χ4n) is 2.48. The van der Waals surface area contributed by atoms with Crippen molar-refractivity contribution in [2.24, 2.45) is 0 Å². The smallest absolute Gasteiger partial charge is 0.144 e. The van der Waals surface area contributed by atoms with Gasteiger partial charge >= 0.3 is 0 Å². The fraction of sp³-hybridized carbons (Fsp3) is 0.294. The number of thioether (sulfide) groups is 1. The summed E-state index contributed by atoms with van der Waals surface area (Å²) in [5.74, 6) is 2.29. The van der Waals surface area contributed by atoms with Crippen LogP contribution in [0.15, 0.2) is 47.4 Å². The Labute approximate surface area is 130 Å². The first kappa shape index (κ1) is 14.1. The highest BCUT2D eigenvalue weighted by Crippen LogP contribution is 2.39. The Hall–Kier alpha value is -1.81. The standard InChI is InChI=1S/C17H20N2OS/c1-19(2)13-7-8-15(18)16(9-13)20-10-12-11-21-17-6-4-3-5-14(12)17/h3-9,12H,10-11,18H2,1-2H3. The molecule has 1 aliphatic heterocycles. The van der Waals surface area contributed by atoms with Gasteiger partial charge in [0.25, 0.3) is 0 Å². The predicted octanol–water partition coefficient (Wildman–Crippen LogP) is 3.60. The molecule has 0 spiro atoms. The van der Waals surface area contributed by atoms with Crippen molar-refractivity contribution in [1.29, 1.82) is 0 Å². The number of hydrogen-bond acceptors (Lipinski definition) is 4. The van der Waals surface area contributed by atoms with E-state index >= 15 is 0 Å². The van der Waals surface area contributed by atoms with E-state index in [4.69, 9.17) is 10.5 Å². The molecule has 3 rings (SSSR count). The first-order valence-corrected chi connectivity index (χ1v) is 8.05. The van der Waals surface area contributed by atoms with E-state index in [-0.39, 0.29) is 0 Å². The fourth-order valence-corrected chi connectivity index (χ4v) is 3.72. The van der Waals surface area contributed by atoms with E-state index in [1.54, 1.807) is 0 Å². The molecule has 0 radical (unpaired) electrons. The first-order valence-electron chi connectivity index (χ1n) is 7.06. The van der Waals surface area contributed by atoms with Crippen LogP contribution in [0.3, 0.4) is 0 Å². The number of hydrogen-bond donors (Lipinski definition) is 1. The summed E-state index contributed by atoms with van der Waals surface area (Å²) < 4.78 is 6.00. The zero-order valence-electron chi connectivity index (χ0n) is 12.4. The molecule has 0 saturated heterocycles. The highest BCUT2D eigenvalue weighted by Gasteiger charge is 2.23. The third-order valence-electron chi connectivity index (χ3n) is 3.75. The molecule has 2 aromatic carbocycles. The number of ether oxygens (including phenoxy) is 1. The summed E-state index contributed by atoms with van der Waals surface area (Å²) >= 11 is 1.90. The molecule has 0 aromatic heterocycles. The van der Waals surface area contributed by atoms with E-state index in [9.17, 15) is 0 Å². The molecule has 0 saturated carbocycles. The van der Waals surface area contributed by atoms with E-state index in [0.717, 1.165) is 17.2 Å². The van der Waals surface area contributed by atoms with Gasteiger partial charge in [0.2, 0.25) is 0 Å². The summed E-state index contributed by atoms with van der Waals surface area (Å²) in [6, 6.07) is 14.5. The lowest BCUT2D eigenvalue weighted by molar-refractivity contribution is 0.299. The van der Waals surface area contributed by atoms with Crippen LogP contribution in [0.2, 0.25) is 0 Å². The van der Waals surface area contributed by atoms with E-state index in [1.807, 2.05) is 49.0 Å². The van der Waals surface area contributed by atoms with Crippen molar-refractivity contribution in [2.75, 3.05) is 37.1 Å². The molecule has 21 heavy (non-hydrogen) atoms. The Bertz CT molecular complexity index is 642. The topological polar surface area (TPSA) is 38.5 Å². The monoisotopic (exact) mass is 300 g/mol. The molecule has 1 heterocycles. The van der Waals surface area contributed by atoms with Crippen molar-refractivity contribution in [3.05, 3.63) is 48.0 Å². The number of anilines is 2. The molecule has 110 valence electrons.